The maximum atomic E-state index is 5.86. The second-order valence-corrected chi connectivity index (χ2v) is 4.31. The number of hydrogen-bond acceptors (Lipinski definition) is 2. The maximum Gasteiger partial charge on any atom is 0.0358 e. The second-order valence-electron chi connectivity index (χ2n) is 3.40. The molecule has 1 aromatic carbocycles. The molecule has 0 aliphatic heterocycles. The lowest BCUT2D eigenvalue weighted by molar-refractivity contribution is 0.414. The quantitative estimate of drug-likeness (QED) is 0.824. The van der Waals surface area contributed by atoms with E-state index < -0.39 is 0 Å². The number of hydrogen-bond donors (Lipinski definition) is 1. The van der Waals surface area contributed by atoms with Crippen LogP contribution in [0.15, 0.2) is 22.7 Å². The van der Waals surface area contributed by atoms with Crippen LogP contribution < -0.4 is 5.73 Å². The molecule has 0 aliphatic carbocycles. The molecule has 0 saturated heterocycles. The van der Waals surface area contributed by atoms with E-state index in [1.165, 1.54) is 5.56 Å². The summed E-state index contributed by atoms with van der Waals surface area (Å²) in [5.41, 5.74) is 7.95. The molecule has 72 valence electrons. The zero-order valence-corrected chi connectivity index (χ0v) is 9.63. The number of nitrogens with zero attached hydrogens (tertiary/aromatic N) is 1. The Labute approximate surface area is 87.9 Å². The van der Waals surface area contributed by atoms with Gasteiger partial charge in [-0.2, -0.15) is 0 Å². The van der Waals surface area contributed by atoms with Gasteiger partial charge in [0, 0.05) is 16.7 Å². The summed E-state index contributed by atoms with van der Waals surface area (Å²) in [6.45, 7) is 1.03. The van der Waals surface area contributed by atoms with Crippen LogP contribution in [-0.4, -0.2) is 25.5 Å². The van der Waals surface area contributed by atoms with Crippen LogP contribution in [0.3, 0.4) is 0 Å². The van der Waals surface area contributed by atoms with Crippen LogP contribution in [-0.2, 0) is 6.42 Å². The zero-order chi connectivity index (χ0) is 9.84. The smallest absolute Gasteiger partial charge is 0.0358 e. The minimum absolute atomic E-state index is 0.872. The van der Waals surface area contributed by atoms with E-state index in [-0.39, 0.29) is 0 Å². The van der Waals surface area contributed by atoms with Crippen molar-refractivity contribution in [3.05, 3.63) is 28.2 Å². The Kier molecular flexibility index (Phi) is 3.75. The monoisotopic (exact) mass is 242 g/mol. The highest BCUT2D eigenvalue weighted by Gasteiger charge is 2.00. The lowest BCUT2D eigenvalue weighted by atomic mass is 10.1. The lowest BCUT2D eigenvalue weighted by Crippen LogP contribution is -2.15. The van der Waals surface area contributed by atoms with Gasteiger partial charge in [0.1, 0.15) is 0 Å². The molecule has 1 aromatic rings. The average Bonchev–Trinajstić information content (AvgIpc) is 2.02. The van der Waals surface area contributed by atoms with Crippen molar-refractivity contribution in [1.29, 1.82) is 0 Å². The zero-order valence-electron chi connectivity index (χ0n) is 8.05. The lowest BCUT2D eigenvalue weighted by Gasteiger charge is -2.10. The van der Waals surface area contributed by atoms with Gasteiger partial charge < -0.3 is 10.6 Å². The third-order valence-corrected chi connectivity index (χ3v) is 2.43. The fourth-order valence-electron chi connectivity index (χ4n) is 1.14. The van der Waals surface area contributed by atoms with E-state index >= 15 is 0 Å². The van der Waals surface area contributed by atoms with Crippen molar-refractivity contribution in [3.63, 3.8) is 0 Å². The third-order valence-electron chi connectivity index (χ3n) is 1.94. The molecule has 0 aliphatic rings. The van der Waals surface area contributed by atoms with Gasteiger partial charge in [0.05, 0.1) is 0 Å². The van der Waals surface area contributed by atoms with Crippen molar-refractivity contribution in [2.75, 3.05) is 26.4 Å². The molecule has 0 amide bonds. The fourth-order valence-corrected chi connectivity index (χ4v) is 1.52. The Hall–Kier alpha value is -0.540. The van der Waals surface area contributed by atoms with Crippen LogP contribution in [0.1, 0.15) is 5.56 Å². The standard InChI is InChI=1S/C10H15BrN2/c1-13(2)6-5-8-3-4-9(11)7-10(8)12/h3-4,7H,5-6,12H2,1-2H3. The summed E-state index contributed by atoms with van der Waals surface area (Å²) in [5.74, 6) is 0. The summed E-state index contributed by atoms with van der Waals surface area (Å²) < 4.78 is 1.04. The number of nitrogens with two attached hydrogens (primary N) is 1. The first kappa shape index (κ1) is 10.5. The highest BCUT2D eigenvalue weighted by atomic mass is 79.9. The molecule has 3 heteroatoms. The van der Waals surface area contributed by atoms with Crippen molar-refractivity contribution < 1.29 is 0 Å². The van der Waals surface area contributed by atoms with Gasteiger partial charge in [0.15, 0.2) is 0 Å². The van der Waals surface area contributed by atoms with Gasteiger partial charge in [-0.3, -0.25) is 0 Å². The van der Waals surface area contributed by atoms with E-state index in [4.69, 9.17) is 5.73 Å². The SMILES string of the molecule is CN(C)CCc1ccc(Br)cc1N. The molecule has 0 spiro atoms. The molecule has 0 aromatic heterocycles. The molecular weight excluding hydrogens is 228 g/mol. The number of anilines is 1. The molecule has 0 saturated carbocycles. The summed E-state index contributed by atoms with van der Waals surface area (Å²) in [7, 11) is 4.13. The number of likely N-dealkylation sites (N-methyl/N-ethyl adjacent to an activating group) is 1. The molecule has 0 unspecified atom stereocenters. The Morgan fingerprint density at radius 1 is 1.38 bits per heavy atom. The predicted molar refractivity (Wildman–Crippen MR) is 60.8 cm³/mol. The van der Waals surface area contributed by atoms with Crippen LogP contribution in [0.2, 0.25) is 0 Å². The van der Waals surface area contributed by atoms with Crippen molar-refractivity contribution in [1.82, 2.24) is 4.90 Å². The van der Waals surface area contributed by atoms with Crippen LogP contribution in [0.25, 0.3) is 0 Å². The molecular formula is C10H15BrN2. The molecule has 0 bridgehead atoms. The summed E-state index contributed by atoms with van der Waals surface area (Å²) in [6, 6.07) is 6.05. The highest BCUT2D eigenvalue weighted by molar-refractivity contribution is 9.10. The molecule has 1 rings (SSSR count). The Bertz CT molecular complexity index is 284. The van der Waals surface area contributed by atoms with E-state index in [0.29, 0.717) is 0 Å². The van der Waals surface area contributed by atoms with E-state index in [1.54, 1.807) is 0 Å². The summed E-state index contributed by atoms with van der Waals surface area (Å²) in [5, 5.41) is 0. The highest BCUT2D eigenvalue weighted by Crippen LogP contribution is 2.18. The summed E-state index contributed by atoms with van der Waals surface area (Å²) in [6.07, 6.45) is 1.01. The van der Waals surface area contributed by atoms with Gasteiger partial charge >= 0.3 is 0 Å². The van der Waals surface area contributed by atoms with Gasteiger partial charge in [-0.1, -0.05) is 22.0 Å². The van der Waals surface area contributed by atoms with Crippen molar-refractivity contribution in [2.45, 2.75) is 6.42 Å². The van der Waals surface area contributed by atoms with Gasteiger partial charge in [-0.05, 0) is 38.2 Å². The van der Waals surface area contributed by atoms with Crippen molar-refractivity contribution >= 4 is 21.6 Å². The van der Waals surface area contributed by atoms with Gasteiger partial charge in [-0.15, -0.1) is 0 Å². The predicted octanol–water partition coefficient (Wildman–Crippen LogP) is 2.14. The maximum absolute atomic E-state index is 5.86. The van der Waals surface area contributed by atoms with E-state index in [9.17, 15) is 0 Å². The largest absolute Gasteiger partial charge is 0.398 e. The van der Waals surface area contributed by atoms with E-state index in [0.717, 1.165) is 23.1 Å². The van der Waals surface area contributed by atoms with Crippen LogP contribution in [0.4, 0.5) is 5.69 Å². The van der Waals surface area contributed by atoms with Crippen LogP contribution in [0, 0.1) is 0 Å². The van der Waals surface area contributed by atoms with E-state index in [1.807, 2.05) is 12.1 Å². The normalized spacial score (nSPS) is 10.8. The van der Waals surface area contributed by atoms with Gasteiger partial charge in [0.2, 0.25) is 0 Å². The van der Waals surface area contributed by atoms with E-state index in [2.05, 4.69) is 41.0 Å². The minimum atomic E-state index is 0.872. The molecule has 0 atom stereocenters. The average molecular weight is 243 g/mol. The first-order valence-electron chi connectivity index (χ1n) is 4.28. The molecule has 2 nitrogen and oxygen atoms in total. The topological polar surface area (TPSA) is 29.3 Å². The fraction of sp³-hybridized carbons (Fsp3) is 0.400. The first-order chi connectivity index (χ1) is 6.09. The molecule has 13 heavy (non-hydrogen) atoms. The summed E-state index contributed by atoms with van der Waals surface area (Å²) >= 11 is 3.39. The molecule has 0 fully saturated rings. The Balaban J connectivity index is 2.67. The Morgan fingerprint density at radius 2 is 2.08 bits per heavy atom. The van der Waals surface area contributed by atoms with Gasteiger partial charge in [0.25, 0.3) is 0 Å². The number of nitrogen functional groups attached to an aromatic ring is 1. The van der Waals surface area contributed by atoms with Crippen molar-refractivity contribution in [2.24, 2.45) is 0 Å². The molecule has 2 N–H and O–H groups in total. The minimum Gasteiger partial charge on any atom is -0.398 e. The van der Waals surface area contributed by atoms with Gasteiger partial charge in [-0.25, -0.2) is 0 Å². The molecule has 0 heterocycles. The number of rotatable bonds is 3. The van der Waals surface area contributed by atoms with Crippen LogP contribution in [0.5, 0.6) is 0 Å². The Morgan fingerprint density at radius 3 is 2.62 bits per heavy atom. The molecule has 0 radical (unpaired) electrons. The summed E-state index contributed by atoms with van der Waals surface area (Å²) in [4.78, 5) is 2.15. The first-order valence-corrected chi connectivity index (χ1v) is 5.07. The third kappa shape index (κ3) is 3.36. The second kappa shape index (κ2) is 4.63. The van der Waals surface area contributed by atoms with Crippen molar-refractivity contribution in [3.8, 4) is 0 Å². The number of benzene rings is 1. The number of halogens is 1. The van der Waals surface area contributed by atoms with Crippen LogP contribution >= 0.6 is 15.9 Å².